The fourth-order valence-corrected chi connectivity index (χ4v) is 8.99. The Morgan fingerprint density at radius 2 is 1.01 bits per heavy atom. The first kappa shape index (κ1) is 54.8. The van der Waals surface area contributed by atoms with E-state index < -0.39 is 5.97 Å². The quantitative estimate of drug-likeness (QED) is 0.0747. The third kappa shape index (κ3) is 15.3. The van der Waals surface area contributed by atoms with Gasteiger partial charge in [-0.1, -0.05) is 24.3 Å². The Hall–Kier alpha value is -8.50. The van der Waals surface area contributed by atoms with Crippen LogP contribution in [-0.4, -0.2) is 120 Å². The minimum Gasteiger partial charge on any atom is -0.478 e. The van der Waals surface area contributed by atoms with Gasteiger partial charge in [-0.25, -0.2) is 14.8 Å². The number of anilines is 2. The first-order valence-corrected chi connectivity index (χ1v) is 25.9. The number of allylic oxidation sites excluding steroid dienone is 2. The SMILES string of the molecule is CN1CCNCC1.Cc1cc(-c2ccc(C(=O)N3CCN(C)CC3)cc2)cc2cc(CCC(=O)/C=C/c3ccc(N)nc3)oc12.Cc1cc(-c2ccc(C(=O)O)cc2)cc2cc(CCC(=O)/C=C/c3ccc(N)nc3)oc12. The number of hydrogen-bond acceptors (Lipinski definition) is 13. The zero-order valence-electron chi connectivity index (χ0n) is 44.1. The monoisotopic (exact) mass is 1030 g/mol. The lowest BCUT2D eigenvalue weighted by Crippen LogP contribution is -2.47. The van der Waals surface area contributed by atoms with Gasteiger partial charge in [0.1, 0.15) is 34.3 Å². The van der Waals surface area contributed by atoms with E-state index in [1.54, 1.807) is 79.2 Å². The molecule has 15 heteroatoms. The van der Waals surface area contributed by atoms with Crippen molar-refractivity contribution in [1.82, 2.24) is 30.0 Å². The lowest BCUT2D eigenvalue weighted by molar-refractivity contribution is -0.115. The molecule has 1 amide bonds. The van der Waals surface area contributed by atoms with E-state index in [1.807, 2.05) is 73.3 Å². The van der Waals surface area contributed by atoms with Gasteiger partial charge in [0.15, 0.2) is 11.6 Å². The summed E-state index contributed by atoms with van der Waals surface area (Å²) in [7, 11) is 4.23. The number of carboxylic acid groups (broad SMARTS) is 1. The van der Waals surface area contributed by atoms with E-state index in [1.165, 1.54) is 13.1 Å². The summed E-state index contributed by atoms with van der Waals surface area (Å²) < 4.78 is 12.1. The Balaban J connectivity index is 0.000000182. The van der Waals surface area contributed by atoms with E-state index in [9.17, 15) is 19.2 Å². The second kappa shape index (κ2) is 25.8. The molecule has 396 valence electrons. The van der Waals surface area contributed by atoms with E-state index in [0.717, 1.165) is 117 Å². The molecule has 0 radical (unpaired) electrons. The Bertz CT molecular complexity index is 3380. The maximum Gasteiger partial charge on any atom is 0.335 e. The molecular formula is C62H66N8O7. The number of piperazine rings is 2. The number of aromatic carboxylic acids is 1. The molecule has 0 aliphatic carbocycles. The maximum absolute atomic E-state index is 12.9. The summed E-state index contributed by atoms with van der Waals surface area (Å²) in [5.74, 6) is 1.58. The van der Waals surface area contributed by atoms with Crippen LogP contribution in [0.2, 0.25) is 0 Å². The van der Waals surface area contributed by atoms with Crippen LogP contribution >= 0.6 is 0 Å². The average molecular weight is 1040 g/mol. The number of nitrogens with zero attached hydrogens (tertiary/aromatic N) is 5. The molecule has 0 bridgehead atoms. The van der Waals surface area contributed by atoms with Crippen molar-refractivity contribution in [3.05, 3.63) is 179 Å². The molecule has 6 N–H and O–H groups in total. The molecule has 2 aliphatic rings. The molecule has 6 heterocycles. The third-order valence-corrected chi connectivity index (χ3v) is 13.5. The summed E-state index contributed by atoms with van der Waals surface area (Å²) >= 11 is 0. The first-order valence-electron chi connectivity index (χ1n) is 25.9. The van der Waals surface area contributed by atoms with Crippen LogP contribution in [-0.2, 0) is 22.4 Å². The van der Waals surface area contributed by atoms with Crippen LogP contribution in [0.25, 0.3) is 56.3 Å². The number of pyridine rings is 2. The Kier molecular flexibility index (Phi) is 18.4. The van der Waals surface area contributed by atoms with Crippen LogP contribution in [0, 0.1) is 13.8 Å². The van der Waals surface area contributed by atoms with Crippen molar-refractivity contribution in [2.45, 2.75) is 39.5 Å². The van der Waals surface area contributed by atoms with Gasteiger partial charge < -0.3 is 45.4 Å². The van der Waals surface area contributed by atoms with Crippen molar-refractivity contribution >= 4 is 69.2 Å². The Labute approximate surface area is 448 Å². The second-order valence-electron chi connectivity index (χ2n) is 19.6. The number of ketones is 2. The van der Waals surface area contributed by atoms with Crippen molar-refractivity contribution in [3.63, 3.8) is 0 Å². The molecule has 0 saturated carbocycles. The number of nitrogens with two attached hydrogens (primary N) is 2. The molecule has 0 unspecified atom stereocenters. The van der Waals surface area contributed by atoms with Gasteiger partial charge in [0.05, 0.1) is 5.56 Å². The van der Waals surface area contributed by atoms with E-state index in [0.29, 0.717) is 42.9 Å². The number of likely N-dealkylation sites (N-methyl/N-ethyl adjacent to an activating group) is 2. The van der Waals surface area contributed by atoms with Crippen molar-refractivity contribution in [1.29, 1.82) is 0 Å². The predicted octanol–water partition coefficient (Wildman–Crippen LogP) is 9.81. The molecule has 10 rings (SSSR count). The molecule has 15 nitrogen and oxygen atoms in total. The normalized spacial score (nSPS) is 14.1. The van der Waals surface area contributed by atoms with Crippen LogP contribution in [0.1, 0.15) is 67.3 Å². The van der Waals surface area contributed by atoms with E-state index in [4.69, 9.17) is 25.4 Å². The van der Waals surface area contributed by atoms with Gasteiger partial charge in [-0.15, -0.1) is 0 Å². The summed E-state index contributed by atoms with van der Waals surface area (Å²) in [5, 5.41) is 14.3. The standard InChI is InChI=1S/C31H32N4O3.C26H22N2O4.C5H12N2/c1-21-17-25(23-5-7-24(8-6-23)31(37)35-15-13-34(2)14-16-35)18-26-19-28(38-30(21)26)11-10-27(36)9-3-22-4-12-29(32)33-20-22;1-16-12-20(18-4-6-19(7-5-18)26(30)31)13-21-14-23(32-25(16)21)10-9-22(29)8-2-17-3-11-24(27)28-15-17;1-7-4-2-6-3-5-7/h3-9,12,17-20H,10-11,13-16H2,1-2H3,(H2,32,33);2-8,11-15H,9-10H2,1H3,(H2,27,28)(H,30,31);6H,2-5H2,1H3/b9-3+;8-2+;. The highest BCUT2D eigenvalue weighted by Gasteiger charge is 2.21. The summed E-state index contributed by atoms with van der Waals surface area (Å²) in [6.45, 7) is 12.1. The molecular weight excluding hydrogens is 969 g/mol. The van der Waals surface area contributed by atoms with Crippen molar-refractivity contribution in [2.75, 3.05) is 77.9 Å². The minimum atomic E-state index is -0.947. The number of rotatable bonds is 14. The van der Waals surface area contributed by atoms with Crippen molar-refractivity contribution < 1.29 is 33.1 Å². The number of aromatic nitrogens is 2. The second-order valence-corrected chi connectivity index (χ2v) is 19.6. The summed E-state index contributed by atoms with van der Waals surface area (Å²) in [6.07, 6.45) is 11.5. The van der Waals surface area contributed by atoms with Gasteiger partial charge in [0.25, 0.3) is 5.91 Å². The van der Waals surface area contributed by atoms with Crippen molar-refractivity contribution in [3.8, 4) is 22.3 Å². The number of carboxylic acids is 1. The van der Waals surface area contributed by atoms with Gasteiger partial charge in [0, 0.05) is 107 Å². The topological polar surface area (TPSA) is 214 Å². The summed E-state index contributed by atoms with van der Waals surface area (Å²) in [6, 6.07) is 33.8. The van der Waals surface area contributed by atoms with Crippen LogP contribution in [0.3, 0.4) is 0 Å². The van der Waals surface area contributed by atoms with E-state index in [2.05, 4.69) is 51.3 Å². The van der Waals surface area contributed by atoms with Crippen LogP contribution < -0.4 is 16.8 Å². The van der Waals surface area contributed by atoms with Gasteiger partial charge >= 0.3 is 5.97 Å². The van der Waals surface area contributed by atoms with Gasteiger partial charge in [-0.05, 0) is 182 Å². The predicted molar refractivity (Wildman–Crippen MR) is 306 cm³/mol. The number of benzene rings is 4. The fraction of sp³-hybridized carbons (Fsp3) is 0.258. The first-order chi connectivity index (χ1) is 37.1. The maximum atomic E-state index is 12.9. The zero-order chi connectivity index (χ0) is 54.4. The van der Waals surface area contributed by atoms with Gasteiger partial charge in [-0.3, -0.25) is 14.4 Å². The summed E-state index contributed by atoms with van der Waals surface area (Å²) in [4.78, 5) is 63.1. The molecule has 2 fully saturated rings. The lowest BCUT2D eigenvalue weighted by Gasteiger charge is -2.32. The molecule has 8 aromatic rings. The minimum absolute atomic E-state index is 0.00166. The smallest absolute Gasteiger partial charge is 0.335 e. The summed E-state index contributed by atoms with van der Waals surface area (Å²) in [5.41, 5.74) is 21.4. The van der Waals surface area contributed by atoms with Crippen LogP contribution in [0.15, 0.2) is 143 Å². The molecule has 4 aromatic carbocycles. The van der Waals surface area contributed by atoms with E-state index >= 15 is 0 Å². The number of aryl methyl sites for hydroxylation is 4. The molecule has 4 aromatic heterocycles. The molecule has 77 heavy (non-hydrogen) atoms. The number of carbonyl (C=O) groups excluding carboxylic acids is 3. The highest BCUT2D eigenvalue weighted by Crippen LogP contribution is 2.32. The molecule has 2 aliphatic heterocycles. The number of hydrogen-bond donors (Lipinski definition) is 4. The number of nitrogen functional groups attached to an aromatic ring is 2. The highest BCUT2D eigenvalue weighted by molar-refractivity contribution is 5.96. The number of carbonyl (C=O) groups is 4. The Morgan fingerprint density at radius 3 is 1.42 bits per heavy atom. The lowest BCUT2D eigenvalue weighted by atomic mass is 9.99. The number of furan rings is 2. The highest BCUT2D eigenvalue weighted by atomic mass is 16.4. The van der Waals surface area contributed by atoms with Gasteiger partial charge in [-0.2, -0.15) is 0 Å². The van der Waals surface area contributed by atoms with Crippen LogP contribution in [0.4, 0.5) is 11.6 Å². The Morgan fingerprint density at radius 1 is 0.571 bits per heavy atom. The molecule has 0 atom stereocenters. The number of amides is 1. The zero-order valence-corrected chi connectivity index (χ0v) is 44.1. The van der Waals surface area contributed by atoms with Gasteiger partial charge in [0.2, 0.25) is 0 Å². The van der Waals surface area contributed by atoms with E-state index in [-0.39, 0.29) is 23.0 Å². The third-order valence-electron chi connectivity index (χ3n) is 13.5. The van der Waals surface area contributed by atoms with Crippen molar-refractivity contribution in [2.24, 2.45) is 0 Å². The number of nitrogens with one attached hydrogen (secondary N) is 1. The fourth-order valence-electron chi connectivity index (χ4n) is 8.99. The average Bonchev–Trinajstić information content (AvgIpc) is 4.08. The molecule has 2 saturated heterocycles. The number of fused-ring (bicyclic) bond motifs is 2. The van der Waals surface area contributed by atoms with Crippen LogP contribution in [0.5, 0.6) is 0 Å². The largest absolute Gasteiger partial charge is 0.478 e. The molecule has 0 spiro atoms.